The first kappa shape index (κ1) is 22.4. The summed E-state index contributed by atoms with van der Waals surface area (Å²) in [5.74, 6) is 1.18. The molecule has 0 aliphatic heterocycles. The summed E-state index contributed by atoms with van der Waals surface area (Å²) < 4.78 is 49.8. The van der Waals surface area contributed by atoms with Crippen molar-refractivity contribution in [2.75, 3.05) is 14.2 Å². The minimum atomic E-state index is -4.80. The van der Waals surface area contributed by atoms with E-state index in [-0.39, 0.29) is 16.2 Å². The predicted molar refractivity (Wildman–Crippen MR) is 112 cm³/mol. The Hall–Kier alpha value is -3.26. The molecule has 1 N–H and O–H groups in total. The van der Waals surface area contributed by atoms with Gasteiger partial charge in [-0.25, -0.2) is 4.57 Å². The molecule has 1 aromatic heterocycles. The van der Waals surface area contributed by atoms with Crippen molar-refractivity contribution in [2.24, 2.45) is 0 Å². The first-order chi connectivity index (χ1) is 14.7. The lowest BCUT2D eigenvalue weighted by molar-refractivity contribution is -0.206. The molecule has 0 unspecified atom stereocenters. The Morgan fingerprint density at radius 1 is 1.03 bits per heavy atom. The van der Waals surface area contributed by atoms with E-state index in [2.05, 4.69) is 5.32 Å². The van der Waals surface area contributed by atoms with Gasteiger partial charge in [0.05, 0.1) is 14.2 Å². The normalized spacial score (nSPS) is 12.5. The van der Waals surface area contributed by atoms with E-state index in [9.17, 15) is 18.0 Å². The van der Waals surface area contributed by atoms with Crippen LogP contribution in [0.5, 0.6) is 11.5 Å². The summed E-state index contributed by atoms with van der Waals surface area (Å²) in [6.07, 6.45) is -4.01. The highest BCUT2D eigenvalue weighted by atomic mass is 19.4. The molecule has 3 aromatic rings. The van der Waals surface area contributed by atoms with Gasteiger partial charge < -0.3 is 14.8 Å². The van der Waals surface area contributed by atoms with Crippen LogP contribution in [-0.4, -0.2) is 18.8 Å². The average molecular weight is 432 g/mol. The molecule has 0 saturated carbocycles. The number of alkyl halides is 3. The Morgan fingerprint density at radius 2 is 1.81 bits per heavy atom. The molecule has 0 radical (unpaired) electrons. The molecule has 0 amide bonds. The number of nitrogens with one attached hydrogen (secondary N) is 1. The number of hydrogen-bond donors (Lipinski definition) is 1. The summed E-state index contributed by atoms with van der Waals surface area (Å²) >= 11 is 0. The van der Waals surface area contributed by atoms with Crippen molar-refractivity contribution >= 4 is 0 Å². The summed E-state index contributed by atoms with van der Waals surface area (Å²) in [6.45, 7) is 2.49. The number of benzene rings is 2. The van der Waals surface area contributed by atoms with Crippen LogP contribution in [0.1, 0.15) is 24.1 Å². The van der Waals surface area contributed by atoms with Crippen LogP contribution in [0.15, 0.2) is 65.6 Å². The van der Waals surface area contributed by atoms with Crippen molar-refractivity contribution in [3.8, 4) is 22.6 Å². The minimum absolute atomic E-state index is 0.0211. The first-order valence-electron chi connectivity index (χ1n) is 9.57. The minimum Gasteiger partial charge on any atom is -0.497 e. The SMILES string of the molecule is COc1cccc([C@@H](C)NCc2ccc(OC)c(-c3ccc(=O)n(C(F)(F)F)c3)c2)c1. The van der Waals surface area contributed by atoms with E-state index in [1.807, 2.05) is 37.3 Å². The van der Waals surface area contributed by atoms with Gasteiger partial charge in [-0.2, -0.15) is 0 Å². The molecule has 0 fully saturated rings. The lowest BCUT2D eigenvalue weighted by Gasteiger charge is -2.17. The topological polar surface area (TPSA) is 52.5 Å². The van der Waals surface area contributed by atoms with Crippen molar-refractivity contribution in [1.29, 1.82) is 0 Å². The van der Waals surface area contributed by atoms with E-state index in [1.165, 1.54) is 13.2 Å². The zero-order valence-corrected chi connectivity index (χ0v) is 17.4. The maximum Gasteiger partial charge on any atom is 0.491 e. The summed E-state index contributed by atoms with van der Waals surface area (Å²) in [5, 5.41) is 3.40. The summed E-state index contributed by atoms with van der Waals surface area (Å²) in [7, 11) is 3.05. The third-order valence-electron chi connectivity index (χ3n) is 4.97. The number of nitrogens with zero attached hydrogens (tertiary/aromatic N) is 1. The van der Waals surface area contributed by atoms with Crippen LogP contribution >= 0.6 is 0 Å². The van der Waals surface area contributed by atoms with Gasteiger partial charge in [0.25, 0.3) is 5.56 Å². The smallest absolute Gasteiger partial charge is 0.491 e. The van der Waals surface area contributed by atoms with E-state index in [0.29, 0.717) is 17.9 Å². The van der Waals surface area contributed by atoms with Crippen LogP contribution < -0.4 is 20.3 Å². The largest absolute Gasteiger partial charge is 0.497 e. The molecular formula is C23H23F3N2O3. The fraction of sp³-hybridized carbons (Fsp3) is 0.261. The van der Waals surface area contributed by atoms with Gasteiger partial charge in [0.2, 0.25) is 0 Å². The van der Waals surface area contributed by atoms with Crippen molar-refractivity contribution in [1.82, 2.24) is 9.88 Å². The van der Waals surface area contributed by atoms with Gasteiger partial charge in [-0.1, -0.05) is 18.2 Å². The number of hydrogen-bond acceptors (Lipinski definition) is 4. The molecule has 1 atom stereocenters. The highest BCUT2D eigenvalue weighted by Gasteiger charge is 2.31. The highest BCUT2D eigenvalue weighted by molar-refractivity contribution is 5.70. The molecule has 31 heavy (non-hydrogen) atoms. The molecule has 2 aromatic carbocycles. The van der Waals surface area contributed by atoms with Crippen LogP contribution in [0.2, 0.25) is 0 Å². The van der Waals surface area contributed by atoms with Crippen molar-refractivity contribution in [3.63, 3.8) is 0 Å². The van der Waals surface area contributed by atoms with Gasteiger partial charge in [-0.3, -0.25) is 4.79 Å². The number of methoxy groups -OCH3 is 2. The second-order valence-corrected chi connectivity index (χ2v) is 7.01. The Labute approximate surface area is 178 Å². The summed E-state index contributed by atoms with van der Waals surface area (Å²) in [5.41, 5.74) is 1.46. The summed E-state index contributed by atoms with van der Waals surface area (Å²) in [6, 6.07) is 15.3. The Balaban J connectivity index is 1.87. The Kier molecular flexibility index (Phi) is 6.70. The van der Waals surface area contributed by atoms with E-state index in [4.69, 9.17) is 9.47 Å². The Morgan fingerprint density at radius 3 is 2.48 bits per heavy atom. The molecule has 164 valence electrons. The lowest BCUT2D eigenvalue weighted by atomic mass is 10.0. The van der Waals surface area contributed by atoms with Gasteiger partial charge >= 0.3 is 6.30 Å². The second-order valence-electron chi connectivity index (χ2n) is 7.01. The van der Waals surface area contributed by atoms with Crippen LogP contribution in [-0.2, 0) is 12.8 Å². The maximum atomic E-state index is 13.1. The molecule has 3 rings (SSSR count). The third kappa shape index (κ3) is 5.27. The number of rotatable bonds is 7. The molecule has 8 heteroatoms. The number of aromatic nitrogens is 1. The van der Waals surface area contributed by atoms with Gasteiger partial charge in [-0.05, 0) is 48.4 Å². The predicted octanol–water partition coefficient (Wildman–Crippen LogP) is 4.86. The van der Waals surface area contributed by atoms with Gasteiger partial charge in [0, 0.05) is 36.0 Å². The van der Waals surface area contributed by atoms with Gasteiger partial charge in [0.15, 0.2) is 0 Å². The fourth-order valence-corrected chi connectivity index (χ4v) is 3.23. The summed E-state index contributed by atoms with van der Waals surface area (Å²) in [4.78, 5) is 11.6. The van der Waals surface area contributed by atoms with E-state index in [1.54, 1.807) is 19.2 Å². The highest BCUT2D eigenvalue weighted by Crippen LogP contribution is 2.32. The quantitative estimate of drug-likeness (QED) is 0.579. The van der Waals surface area contributed by atoms with E-state index >= 15 is 0 Å². The van der Waals surface area contributed by atoms with Crippen molar-refractivity contribution < 1.29 is 22.6 Å². The van der Waals surface area contributed by atoms with Crippen LogP contribution in [0, 0.1) is 0 Å². The third-order valence-corrected chi connectivity index (χ3v) is 4.97. The van der Waals surface area contributed by atoms with Crippen LogP contribution in [0.25, 0.3) is 11.1 Å². The van der Waals surface area contributed by atoms with Gasteiger partial charge in [0.1, 0.15) is 11.5 Å². The van der Waals surface area contributed by atoms with E-state index in [0.717, 1.165) is 29.1 Å². The molecule has 0 aliphatic rings. The molecular weight excluding hydrogens is 409 g/mol. The monoisotopic (exact) mass is 432 g/mol. The Bertz CT molecular complexity index is 1110. The van der Waals surface area contributed by atoms with Crippen LogP contribution in [0.3, 0.4) is 0 Å². The zero-order chi connectivity index (χ0) is 22.6. The number of halogens is 3. The van der Waals surface area contributed by atoms with Gasteiger partial charge in [-0.15, -0.1) is 13.2 Å². The average Bonchev–Trinajstić information content (AvgIpc) is 2.76. The van der Waals surface area contributed by atoms with Crippen molar-refractivity contribution in [3.05, 3.63) is 82.3 Å². The van der Waals surface area contributed by atoms with Crippen molar-refractivity contribution in [2.45, 2.75) is 25.8 Å². The first-order valence-corrected chi connectivity index (χ1v) is 9.57. The molecule has 1 heterocycles. The lowest BCUT2D eigenvalue weighted by Crippen LogP contribution is -2.29. The molecule has 0 aliphatic carbocycles. The molecule has 0 spiro atoms. The molecule has 5 nitrogen and oxygen atoms in total. The fourth-order valence-electron chi connectivity index (χ4n) is 3.23. The van der Waals surface area contributed by atoms with E-state index < -0.39 is 11.9 Å². The standard InChI is InChI=1S/C23H23F3N2O3/c1-15(17-5-4-6-19(12-17)30-2)27-13-16-7-9-21(31-3)20(11-16)18-8-10-22(29)28(14-18)23(24,25)26/h4-12,14-15,27H,13H2,1-3H3/t15-/m1/s1. The number of pyridine rings is 1. The van der Waals surface area contributed by atoms with Crippen LogP contribution in [0.4, 0.5) is 13.2 Å². The molecule has 0 saturated heterocycles. The number of ether oxygens (including phenoxy) is 2. The zero-order valence-electron chi connectivity index (χ0n) is 17.4. The maximum absolute atomic E-state index is 13.1. The second kappa shape index (κ2) is 9.26. The molecule has 0 bridgehead atoms.